The fourth-order valence-electron chi connectivity index (χ4n) is 3.18. The van der Waals surface area contributed by atoms with E-state index in [4.69, 9.17) is 10.8 Å². The van der Waals surface area contributed by atoms with Crippen LogP contribution in [0.2, 0.25) is 0 Å². The van der Waals surface area contributed by atoms with Crippen LogP contribution in [0.1, 0.15) is 32.1 Å². The summed E-state index contributed by atoms with van der Waals surface area (Å²) in [6, 6.07) is 7.15. The highest BCUT2D eigenvalue weighted by Crippen LogP contribution is 2.24. The Kier molecular flexibility index (Phi) is 5.05. The molecule has 2 N–H and O–H groups in total. The zero-order chi connectivity index (χ0) is 20.4. The van der Waals surface area contributed by atoms with Crippen LogP contribution in [0.4, 0.5) is 5.69 Å². The fourth-order valence-corrected chi connectivity index (χ4v) is 3.18. The summed E-state index contributed by atoms with van der Waals surface area (Å²) >= 11 is 0. The minimum atomic E-state index is -0.801. The van der Waals surface area contributed by atoms with Crippen molar-refractivity contribution in [3.63, 3.8) is 0 Å². The lowest BCUT2D eigenvalue weighted by atomic mass is 10.0. The average molecular weight is 377 g/mol. The van der Waals surface area contributed by atoms with Gasteiger partial charge in [0.25, 0.3) is 17.6 Å². The average Bonchev–Trinajstić information content (AvgIpc) is 3.21. The highest BCUT2D eigenvalue weighted by Gasteiger charge is 2.28. The van der Waals surface area contributed by atoms with Crippen molar-refractivity contribution in [3.8, 4) is 12.3 Å². The van der Waals surface area contributed by atoms with Crippen molar-refractivity contribution < 1.29 is 18.8 Å². The Morgan fingerprint density at radius 2 is 1.96 bits per heavy atom. The Balaban J connectivity index is 1.91. The molecule has 7 nitrogen and oxygen atoms in total. The second-order valence-electron chi connectivity index (χ2n) is 6.34. The zero-order valence-corrected chi connectivity index (χ0v) is 15.8. The summed E-state index contributed by atoms with van der Waals surface area (Å²) in [5, 5.41) is 6.08. The van der Waals surface area contributed by atoms with Crippen LogP contribution in [0.25, 0.3) is 11.0 Å². The first-order chi connectivity index (χ1) is 13.3. The highest BCUT2D eigenvalue weighted by molar-refractivity contribution is 6.43. The summed E-state index contributed by atoms with van der Waals surface area (Å²) in [6.07, 6.45) is 6.68. The van der Waals surface area contributed by atoms with E-state index < -0.39 is 17.6 Å². The number of benzene rings is 1. The van der Waals surface area contributed by atoms with E-state index in [2.05, 4.69) is 16.6 Å². The van der Waals surface area contributed by atoms with Crippen molar-refractivity contribution in [1.82, 2.24) is 9.88 Å². The highest BCUT2D eigenvalue weighted by atomic mass is 16.3. The number of amides is 2. The van der Waals surface area contributed by atoms with E-state index >= 15 is 0 Å². The number of ketones is 1. The molecule has 0 spiro atoms. The molecule has 2 amide bonds. The molecule has 0 atom stereocenters. The van der Waals surface area contributed by atoms with Gasteiger partial charge in [-0.25, -0.2) is 0 Å². The Hall–Kier alpha value is -3.79. The third kappa shape index (κ3) is 3.28. The smallest absolute Gasteiger partial charge is 0.293 e. The molecule has 142 valence electrons. The minimum absolute atomic E-state index is 0.0435. The summed E-state index contributed by atoms with van der Waals surface area (Å²) < 4.78 is 6.94. The van der Waals surface area contributed by atoms with E-state index in [-0.39, 0.29) is 12.1 Å². The van der Waals surface area contributed by atoms with Crippen molar-refractivity contribution in [2.45, 2.75) is 13.8 Å². The van der Waals surface area contributed by atoms with Gasteiger partial charge < -0.3 is 19.6 Å². The lowest BCUT2D eigenvalue weighted by molar-refractivity contribution is -0.116. The maximum atomic E-state index is 12.9. The first kappa shape index (κ1) is 19.0. The van der Waals surface area contributed by atoms with Gasteiger partial charge in [0.15, 0.2) is 0 Å². The van der Waals surface area contributed by atoms with Gasteiger partial charge in [-0.2, -0.15) is 0 Å². The number of fused-ring (bicyclic) bond motifs is 1. The van der Waals surface area contributed by atoms with Crippen LogP contribution in [0.15, 0.2) is 34.9 Å². The predicted octanol–water partition coefficient (Wildman–Crippen LogP) is 2.57. The molecule has 0 radical (unpaired) electrons. The molecule has 0 saturated heterocycles. The molecule has 0 unspecified atom stereocenters. The number of carbonyl (C=O) groups excluding carboxylic acids is 3. The molecular formula is C21H19N3O4. The van der Waals surface area contributed by atoms with Crippen molar-refractivity contribution in [2.24, 2.45) is 7.05 Å². The first-order valence-electron chi connectivity index (χ1n) is 8.55. The zero-order valence-electron chi connectivity index (χ0n) is 15.8. The van der Waals surface area contributed by atoms with Gasteiger partial charge in [0.1, 0.15) is 11.3 Å². The van der Waals surface area contributed by atoms with Crippen LogP contribution < -0.4 is 10.6 Å². The Morgan fingerprint density at radius 3 is 2.68 bits per heavy atom. The summed E-state index contributed by atoms with van der Waals surface area (Å²) in [7, 11) is 1.67. The molecule has 0 aliphatic heterocycles. The number of aromatic nitrogens is 1. The Labute approximate surface area is 161 Å². The van der Waals surface area contributed by atoms with Crippen LogP contribution in [-0.4, -0.2) is 28.7 Å². The first-order valence-corrected chi connectivity index (χ1v) is 8.55. The van der Waals surface area contributed by atoms with Crippen molar-refractivity contribution in [1.29, 1.82) is 0 Å². The molecule has 1 aromatic carbocycles. The van der Waals surface area contributed by atoms with Gasteiger partial charge >= 0.3 is 0 Å². The lowest BCUT2D eigenvalue weighted by Crippen LogP contribution is -2.31. The molecule has 2 aromatic heterocycles. The summed E-state index contributed by atoms with van der Waals surface area (Å²) in [4.78, 5) is 37.4. The number of anilines is 1. The molecule has 0 fully saturated rings. The molecular weight excluding hydrogens is 358 g/mol. The van der Waals surface area contributed by atoms with Crippen LogP contribution >= 0.6 is 0 Å². The largest absolute Gasteiger partial charge is 0.464 e. The number of rotatable bonds is 5. The van der Waals surface area contributed by atoms with Crippen LogP contribution in [0.5, 0.6) is 0 Å². The van der Waals surface area contributed by atoms with Crippen molar-refractivity contribution in [3.05, 3.63) is 53.0 Å². The molecule has 28 heavy (non-hydrogen) atoms. The van der Waals surface area contributed by atoms with E-state index in [1.165, 1.54) is 0 Å². The third-order valence-electron chi connectivity index (χ3n) is 4.64. The SMILES string of the molecule is C#CCNC(=O)C(=O)c1c(C)c(C(=O)Nc2ccc3ccoc3c2)n(C)c1C. The number of nitrogens with zero attached hydrogens (tertiary/aromatic N) is 1. The topological polar surface area (TPSA) is 93.3 Å². The van der Waals surface area contributed by atoms with Crippen LogP contribution in [0, 0.1) is 26.2 Å². The van der Waals surface area contributed by atoms with Gasteiger partial charge in [0.05, 0.1) is 18.4 Å². The maximum absolute atomic E-state index is 12.9. The molecule has 0 bridgehead atoms. The number of hydrogen-bond donors (Lipinski definition) is 2. The van der Waals surface area contributed by atoms with Crippen molar-refractivity contribution >= 4 is 34.3 Å². The van der Waals surface area contributed by atoms with Crippen LogP contribution in [-0.2, 0) is 11.8 Å². The van der Waals surface area contributed by atoms with E-state index in [1.807, 2.05) is 12.1 Å². The van der Waals surface area contributed by atoms with Gasteiger partial charge in [-0.05, 0) is 37.6 Å². The number of hydrogen-bond acceptors (Lipinski definition) is 4. The van der Waals surface area contributed by atoms with E-state index in [1.54, 1.807) is 43.9 Å². The fraction of sp³-hybridized carbons (Fsp3) is 0.190. The molecule has 0 aliphatic rings. The quantitative estimate of drug-likeness (QED) is 0.406. The van der Waals surface area contributed by atoms with E-state index in [0.717, 1.165) is 5.39 Å². The van der Waals surface area contributed by atoms with Gasteiger partial charge in [0, 0.05) is 29.9 Å². The van der Waals surface area contributed by atoms with E-state index in [9.17, 15) is 14.4 Å². The summed E-state index contributed by atoms with van der Waals surface area (Å²) in [5.74, 6) is 0.328. The number of carbonyl (C=O) groups is 3. The van der Waals surface area contributed by atoms with Gasteiger partial charge in [0.2, 0.25) is 0 Å². The van der Waals surface area contributed by atoms with Gasteiger partial charge in [-0.3, -0.25) is 14.4 Å². The monoisotopic (exact) mass is 377 g/mol. The summed E-state index contributed by atoms with van der Waals surface area (Å²) in [5.41, 5.74) is 2.65. The van der Waals surface area contributed by atoms with E-state index in [0.29, 0.717) is 28.2 Å². The molecule has 3 aromatic rings. The minimum Gasteiger partial charge on any atom is -0.464 e. The molecule has 0 saturated carbocycles. The normalized spacial score (nSPS) is 10.5. The number of furan rings is 1. The number of Topliss-reactive ketones (excluding diaryl/α,β-unsaturated/α-hetero) is 1. The summed E-state index contributed by atoms with van der Waals surface area (Å²) in [6.45, 7) is 3.28. The van der Waals surface area contributed by atoms with Gasteiger partial charge in [-0.15, -0.1) is 6.42 Å². The second-order valence-corrected chi connectivity index (χ2v) is 6.34. The lowest BCUT2D eigenvalue weighted by Gasteiger charge is -2.08. The molecule has 3 rings (SSSR count). The Morgan fingerprint density at radius 1 is 1.21 bits per heavy atom. The third-order valence-corrected chi connectivity index (χ3v) is 4.64. The molecule has 2 heterocycles. The number of nitrogens with one attached hydrogen (secondary N) is 2. The number of terminal acetylenes is 1. The maximum Gasteiger partial charge on any atom is 0.293 e. The second kappa shape index (κ2) is 7.45. The van der Waals surface area contributed by atoms with Crippen molar-refractivity contribution in [2.75, 3.05) is 11.9 Å². The standard InChI is InChI=1S/C21H19N3O4/c1-5-9-22-21(27)19(25)17-12(2)18(24(4)13(17)3)20(26)23-15-7-6-14-8-10-28-16(14)11-15/h1,6-8,10-11H,9H2,2-4H3,(H,22,27)(H,23,26). The van der Waals surface area contributed by atoms with Crippen LogP contribution in [0.3, 0.4) is 0 Å². The molecule has 7 heteroatoms. The Bertz CT molecular complexity index is 1140. The van der Waals surface area contributed by atoms with Gasteiger partial charge in [-0.1, -0.05) is 5.92 Å². The molecule has 0 aliphatic carbocycles. The predicted molar refractivity (Wildman–Crippen MR) is 105 cm³/mol.